The zero-order valence-electron chi connectivity index (χ0n) is 17.0. The summed E-state index contributed by atoms with van der Waals surface area (Å²) >= 11 is 0. The van der Waals surface area contributed by atoms with Crippen molar-refractivity contribution in [1.29, 1.82) is 0 Å². The first-order valence-corrected chi connectivity index (χ1v) is 9.83. The van der Waals surface area contributed by atoms with E-state index in [0.717, 1.165) is 23.2 Å². The third-order valence-corrected chi connectivity index (χ3v) is 4.24. The number of hydrogen-bond acceptors (Lipinski definition) is 4. The first-order valence-electron chi connectivity index (χ1n) is 9.83. The molecule has 0 bridgehead atoms. The van der Waals surface area contributed by atoms with Gasteiger partial charge in [-0.15, -0.1) is 0 Å². The van der Waals surface area contributed by atoms with Gasteiger partial charge in [0.05, 0.1) is 0 Å². The first kappa shape index (κ1) is 22.1. The van der Waals surface area contributed by atoms with E-state index in [4.69, 9.17) is 4.74 Å². The maximum Gasteiger partial charge on any atom is 0.258 e. The number of benzene rings is 2. The second kappa shape index (κ2) is 11.6. The van der Waals surface area contributed by atoms with Crippen LogP contribution in [0, 0.1) is 0 Å². The second-order valence-corrected chi connectivity index (χ2v) is 6.91. The summed E-state index contributed by atoms with van der Waals surface area (Å²) in [6, 6.07) is 14.8. The van der Waals surface area contributed by atoms with Crippen molar-refractivity contribution in [1.82, 2.24) is 5.32 Å². The van der Waals surface area contributed by atoms with Gasteiger partial charge in [0.2, 0.25) is 5.91 Å². The average molecular weight is 396 g/mol. The fourth-order valence-electron chi connectivity index (χ4n) is 2.68. The summed E-state index contributed by atoms with van der Waals surface area (Å²) in [6.45, 7) is 3.80. The van der Waals surface area contributed by atoms with Crippen LogP contribution in [0.4, 0.5) is 5.69 Å². The monoisotopic (exact) mass is 396 g/mol. The average Bonchev–Trinajstić information content (AvgIpc) is 2.70. The molecule has 6 nitrogen and oxygen atoms in total. The van der Waals surface area contributed by atoms with Gasteiger partial charge in [0.1, 0.15) is 11.5 Å². The van der Waals surface area contributed by atoms with Crippen LogP contribution in [0.1, 0.15) is 44.2 Å². The minimum absolute atomic E-state index is 0.0191. The topological polar surface area (TPSA) is 84.5 Å². The lowest BCUT2D eigenvalue weighted by molar-refractivity contribution is -0.123. The first-order chi connectivity index (χ1) is 14.0. The van der Waals surface area contributed by atoms with E-state index >= 15 is 0 Å². The molecule has 0 aliphatic rings. The molecule has 2 aromatic rings. The molecular formula is C23H28N2O4. The van der Waals surface area contributed by atoms with E-state index in [2.05, 4.69) is 10.6 Å². The summed E-state index contributed by atoms with van der Waals surface area (Å²) in [6.07, 6.45) is 2.50. The van der Waals surface area contributed by atoms with Gasteiger partial charge in [0, 0.05) is 25.1 Å². The maximum absolute atomic E-state index is 12.0. The van der Waals surface area contributed by atoms with E-state index < -0.39 is 0 Å². The SMILES string of the molecule is CCCC(=O)Nc1cccc(CNC(=O)COc2ccc(CCC(C)=O)cc2)c1. The highest BCUT2D eigenvalue weighted by atomic mass is 16.5. The Bertz CT molecular complexity index is 831. The molecule has 0 aliphatic carbocycles. The van der Waals surface area contributed by atoms with Crippen molar-refractivity contribution in [2.75, 3.05) is 11.9 Å². The van der Waals surface area contributed by atoms with Gasteiger partial charge in [0.15, 0.2) is 6.61 Å². The summed E-state index contributed by atoms with van der Waals surface area (Å²) in [4.78, 5) is 34.8. The van der Waals surface area contributed by atoms with Crippen LogP contribution >= 0.6 is 0 Å². The third kappa shape index (κ3) is 8.60. The number of Topliss-reactive ketones (excluding diaryl/α,β-unsaturated/α-hetero) is 1. The van der Waals surface area contributed by atoms with Gasteiger partial charge in [-0.05, 0) is 55.2 Å². The van der Waals surface area contributed by atoms with Gasteiger partial charge in [-0.2, -0.15) is 0 Å². The third-order valence-electron chi connectivity index (χ3n) is 4.24. The maximum atomic E-state index is 12.0. The minimum Gasteiger partial charge on any atom is -0.484 e. The molecule has 2 N–H and O–H groups in total. The molecule has 0 atom stereocenters. The number of aryl methyl sites for hydroxylation is 1. The van der Waals surface area contributed by atoms with Crippen LogP contribution in [0.3, 0.4) is 0 Å². The Kier molecular flexibility index (Phi) is 8.89. The van der Waals surface area contributed by atoms with Crippen LogP contribution in [0.2, 0.25) is 0 Å². The molecule has 0 heterocycles. The Morgan fingerprint density at radius 3 is 2.38 bits per heavy atom. The highest BCUT2D eigenvalue weighted by molar-refractivity contribution is 5.90. The predicted molar refractivity (Wildman–Crippen MR) is 113 cm³/mol. The van der Waals surface area contributed by atoms with Crippen LogP contribution in [0.15, 0.2) is 48.5 Å². The van der Waals surface area contributed by atoms with E-state index in [1.165, 1.54) is 0 Å². The van der Waals surface area contributed by atoms with Crippen molar-refractivity contribution in [2.24, 2.45) is 0 Å². The fraction of sp³-hybridized carbons (Fsp3) is 0.348. The quantitative estimate of drug-likeness (QED) is 0.607. The molecule has 0 fully saturated rings. The smallest absolute Gasteiger partial charge is 0.258 e. The van der Waals surface area contributed by atoms with Gasteiger partial charge in [-0.1, -0.05) is 31.2 Å². The molecular weight excluding hydrogens is 368 g/mol. The molecule has 0 saturated heterocycles. The zero-order chi connectivity index (χ0) is 21.1. The van der Waals surface area contributed by atoms with Gasteiger partial charge in [-0.3, -0.25) is 9.59 Å². The summed E-state index contributed by atoms with van der Waals surface area (Å²) in [5, 5.41) is 5.65. The van der Waals surface area contributed by atoms with Gasteiger partial charge >= 0.3 is 0 Å². The molecule has 154 valence electrons. The number of carbonyl (C=O) groups is 3. The van der Waals surface area contributed by atoms with Crippen molar-refractivity contribution < 1.29 is 19.1 Å². The Hall–Kier alpha value is -3.15. The zero-order valence-corrected chi connectivity index (χ0v) is 17.0. The summed E-state index contributed by atoms with van der Waals surface area (Å²) < 4.78 is 5.50. The molecule has 0 unspecified atom stereocenters. The number of nitrogens with one attached hydrogen (secondary N) is 2. The standard InChI is InChI=1S/C23H28N2O4/c1-3-5-22(27)25-20-7-4-6-19(14-20)15-24-23(28)16-29-21-12-10-18(11-13-21)9-8-17(2)26/h4,6-7,10-14H,3,5,8-9,15-16H2,1-2H3,(H,24,28)(H,25,27). The fourth-order valence-corrected chi connectivity index (χ4v) is 2.68. The van der Waals surface area contributed by atoms with Crippen LogP contribution in [-0.4, -0.2) is 24.2 Å². The number of rotatable bonds is 11. The number of ketones is 1. The molecule has 0 radical (unpaired) electrons. The Morgan fingerprint density at radius 2 is 1.69 bits per heavy atom. The Labute approximate surface area is 171 Å². The van der Waals surface area contributed by atoms with Gasteiger partial charge in [0.25, 0.3) is 5.91 Å². The summed E-state index contributed by atoms with van der Waals surface area (Å²) in [7, 11) is 0. The predicted octanol–water partition coefficient (Wildman–Crippen LogP) is 3.64. The number of hydrogen-bond donors (Lipinski definition) is 2. The number of amides is 2. The lowest BCUT2D eigenvalue weighted by atomic mass is 10.1. The van der Waals surface area contributed by atoms with E-state index in [1.807, 2.05) is 43.3 Å². The molecule has 2 rings (SSSR count). The number of anilines is 1. The summed E-state index contributed by atoms with van der Waals surface area (Å²) in [5.74, 6) is 0.517. The van der Waals surface area contributed by atoms with Gasteiger partial charge in [-0.25, -0.2) is 0 Å². The van der Waals surface area contributed by atoms with E-state index in [-0.39, 0.29) is 24.2 Å². The molecule has 0 spiro atoms. The Balaban J connectivity index is 1.75. The van der Waals surface area contributed by atoms with Gasteiger partial charge < -0.3 is 20.2 Å². The van der Waals surface area contributed by atoms with Crippen LogP contribution < -0.4 is 15.4 Å². The molecule has 2 aromatic carbocycles. The summed E-state index contributed by atoms with van der Waals surface area (Å²) in [5.41, 5.74) is 2.67. The van der Waals surface area contributed by atoms with Crippen molar-refractivity contribution in [3.63, 3.8) is 0 Å². The van der Waals surface area contributed by atoms with Crippen molar-refractivity contribution in [3.8, 4) is 5.75 Å². The van der Waals surface area contributed by atoms with Crippen molar-refractivity contribution in [2.45, 2.75) is 46.1 Å². The molecule has 2 amide bonds. The van der Waals surface area contributed by atoms with Crippen LogP contribution in [0.5, 0.6) is 5.75 Å². The molecule has 0 aliphatic heterocycles. The number of carbonyl (C=O) groups excluding carboxylic acids is 3. The van der Waals surface area contributed by atoms with E-state index in [1.54, 1.807) is 19.1 Å². The van der Waals surface area contributed by atoms with E-state index in [0.29, 0.717) is 31.6 Å². The molecule has 0 aromatic heterocycles. The van der Waals surface area contributed by atoms with Crippen LogP contribution in [0.25, 0.3) is 0 Å². The highest BCUT2D eigenvalue weighted by Crippen LogP contribution is 2.14. The number of ether oxygens (including phenoxy) is 1. The normalized spacial score (nSPS) is 10.3. The largest absolute Gasteiger partial charge is 0.484 e. The molecule has 6 heteroatoms. The minimum atomic E-state index is -0.230. The van der Waals surface area contributed by atoms with Crippen LogP contribution in [-0.2, 0) is 27.3 Å². The second-order valence-electron chi connectivity index (χ2n) is 6.91. The van der Waals surface area contributed by atoms with Crippen molar-refractivity contribution >= 4 is 23.3 Å². The molecule has 0 saturated carbocycles. The highest BCUT2D eigenvalue weighted by Gasteiger charge is 2.05. The van der Waals surface area contributed by atoms with E-state index in [9.17, 15) is 14.4 Å². The van der Waals surface area contributed by atoms with Crippen molar-refractivity contribution in [3.05, 3.63) is 59.7 Å². The lowest BCUT2D eigenvalue weighted by Gasteiger charge is -2.10. The Morgan fingerprint density at radius 1 is 0.931 bits per heavy atom. The molecule has 29 heavy (non-hydrogen) atoms. The lowest BCUT2D eigenvalue weighted by Crippen LogP contribution is -2.28.